The lowest BCUT2D eigenvalue weighted by Crippen LogP contribution is -2.45. The number of fused-ring (bicyclic) bond motifs is 1. The molecule has 1 atom stereocenters. The van der Waals surface area contributed by atoms with Gasteiger partial charge in [-0.25, -0.2) is 4.98 Å². The molecule has 1 aromatic heterocycles. The molecule has 2 aromatic carbocycles. The lowest BCUT2D eigenvalue weighted by molar-refractivity contribution is -0.136. The molecule has 4 rings (SSSR count). The van der Waals surface area contributed by atoms with Gasteiger partial charge in [0, 0.05) is 37.3 Å². The lowest BCUT2D eigenvalue weighted by Gasteiger charge is -2.34. The number of hydrogen-bond donors (Lipinski definition) is 0. The Kier molecular flexibility index (Phi) is 6.28. The monoisotopic (exact) mass is 438 g/mol. The van der Waals surface area contributed by atoms with Crippen molar-refractivity contribution in [1.82, 2.24) is 19.4 Å². The van der Waals surface area contributed by atoms with Crippen molar-refractivity contribution >= 4 is 34.4 Å². The van der Waals surface area contributed by atoms with Gasteiger partial charge in [0.1, 0.15) is 5.82 Å². The van der Waals surface area contributed by atoms with Crippen LogP contribution in [0, 0.1) is 5.92 Å². The first-order chi connectivity index (χ1) is 15.0. The zero-order valence-electron chi connectivity index (χ0n) is 17.9. The van der Waals surface area contributed by atoms with Crippen molar-refractivity contribution in [2.45, 2.75) is 32.9 Å². The summed E-state index contributed by atoms with van der Waals surface area (Å²) in [6.07, 6.45) is 1.61. The number of amides is 2. The maximum Gasteiger partial charge on any atom is 0.253 e. The molecule has 0 radical (unpaired) electrons. The summed E-state index contributed by atoms with van der Waals surface area (Å²) in [5.74, 6) is 0.687. The largest absolute Gasteiger partial charge is 0.338 e. The Balaban J connectivity index is 1.45. The molecule has 7 heteroatoms. The normalized spacial score (nSPS) is 16.5. The van der Waals surface area contributed by atoms with E-state index in [-0.39, 0.29) is 17.7 Å². The SMILES string of the molecule is CCn1c(CN(C)C(=O)C2CCCN(C(=O)c3ccc(Cl)cc3)C2)nc2ccccc21. The van der Waals surface area contributed by atoms with Crippen LogP contribution in [0.5, 0.6) is 0 Å². The topological polar surface area (TPSA) is 58.4 Å². The van der Waals surface area contributed by atoms with E-state index in [1.54, 1.807) is 34.1 Å². The number of hydrogen-bond acceptors (Lipinski definition) is 3. The summed E-state index contributed by atoms with van der Waals surface area (Å²) >= 11 is 5.93. The standard InChI is InChI=1S/C24H27ClN4O2/c1-3-29-21-9-5-4-8-20(21)26-22(29)16-27(2)23(30)18-7-6-14-28(15-18)24(31)17-10-12-19(25)13-11-17/h4-5,8-13,18H,3,6-7,14-16H2,1-2H3. The molecule has 1 aliphatic heterocycles. The van der Waals surface area contributed by atoms with Gasteiger partial charge in [-0.3, -0.25) is 9.59 Å². The number of carbonyl (C=O) groups excluding carboxylic acids is 2. The molecule has 1 fully saturated rings. The van der Waals surface area contributed by atoms with Crippen molar-refractivity contribution in [2.24, 2.45) is 5.92 Å². The Morgan fingerprint density at radius 2 is 1.90 bits per heavy atom. The van der Waals surface area contributed by atoms with E-state index < -0.39 is 0 Å². The molecule has 1 unspecified atom stereocenters. The maximum absolute atomic E-state index is 13.2. The van der Waals surface area contributed by atoms with E-state index in [4.69, 9.17) is 16.6 Å². The zero-order chi connectivity index (χ0) is 22.0. The predicted octanol–water partition coefficient (Wildman–Crippen LogP) is 4.22. The minimum atomic E-state index is -0.200. The molecule has 0 bridgehead atoms. The van der Waals surface area contributed by atoms with Crippen LogP contribution in [0.25, 0.3) is 11.0 Å². The van der Waals surface area contributed by atoms with Gasteiger partial charge in [-0.05, 0) is 56.2 Å². The van der Waals surface area contributed by atoms with Crippen molar-refractivity contribution in [3.8, 4) is 0 Å². The van der Waals surface area contributed by atoms with Crippen LogP contribution in [-0.4, -0.2) is 51.3 Å². The summed E-state index contributed by atoms with van der Waals surface area (Å²) in [6, 6.07) is 14.9. The van der Waals surface area contributed by atoms with Gasteiger partial charge >= 0.3 is 0 Å². The van der Waals surface area contributed by atoms with Crippen LogP contribution < -0.4 is 0 Å². The molecule has 2 amide bonds. The first-order valence-electron chi connectivity index (χ1n) is 10.7. The van der Waals surface area contributed by atoms with E-state index in [0.29, 0.717) is 30.2 Å². The Morgan fingerprint density at radius 3 is 2.65 bits per heavy atom. The second-order valence-electron chi connectivity index (χ2n) is 8.05. The van der Waals surface area contributed by atoms with Crippen LogP contribution in [-0.2, 0) is 17.9 Å². The molecule has 1 saturated heterocycles. The van der Waals surface area contributed by atoms with E-state index in [2.05, 4.69) is 17.6 Å². The highest BCUT2D eigenvalue weighted by Crippen LogP contribution is 2.23. The van der Waals surface area contributed by atoms with Crippen LogP contribution in [0.15, 0.2) is 48.5 Å². The number of carbonyl (C=O) groups is 2. The molecule has 2 heterocycles. The Bertz CT molecular complexity index is 1090. The summed E-state index contributed by atoms with van der Waals surface area (Å²) < 4.78 is 2.15. The van der Waals surface area contributed by atoms with Gasteiger partial charge in [-0.15, -0.1) is 0 Å². The molecule has 0 aliphatic carbocycles. The first-order valence-corrected chi connectivity index (χ1v) is 11.1. The van der Waals surface area contributed by atoms with E-state index in [9.17, 15) is 9.59 Å². The number of likely N-dealkylation sites (tertiary alicyclic amines) is 1. The van der Waals surface area contributed by atoms with Crippen LogP contribution in [0.4, 0.5) is 0 Å². The number of para-hydroxylation sites is 2. The number of piperidine rings is 1. The fraction of sp³-hybridized carbons (Fsp3) is 0.375. The smallest absolute Gasteiger partial charge is 0.253 e. The minimum absolute atomic E-state index is 0.0513. The van der Waals surface area contributed by atoms with Gasteiger partial charge in [0.15, 0.2) is 0 Å². The van der Waals surface area contributed by atoms with Gasteiger partial charge < -0.3 is 14.4 Å². The van der Waals surface area contributed by atoms with Crippen molar-refractivity contribution in [2.75, 3.05) is 20.1 Å². The second kappa shape index (κ2) is 9.10. The van der Waals surface area contributed by atoms with Crippen LogP contribution in [0.3, 0.4) is 0 Å². The molecular weight excluding hydrogens is 412 g/mol. The molecular formula is C24H27ClN4O2. The van der Waals surface area contributed by atoms with Crippen LogP contribution >= 0.6 is 11.6 Å². The minimum Gasteiger partial charge on any atom is -0.338 e. The number of halogens is 1. The third-order valence-electron chi connectivity index (χ3n) is 5.95. The Hall–Kier alpha value is -2.86. The van der Waals surface area contributed by atoms with Gasteiger partial charge in [0.25, 0.3) is 5.91 Å². The summed E-state index contributed by atoms with van der Waals surface area (Å²) in [4.78, 5) is 34.3. The number of nitrogens with zero attached hydrogens (tertiary/aromatic N) is 4. The molecule has 31 heavy (non-hydrogen) atoms. The highest BCUT2D eigenvalue weighted by molar-refractivity contribution is 6.30. The summed E-state index contributed by atoms with van der Waals surface area (Å²) in [5.41, 5.74) is 2.62. The van der Waals surface area contributed by atoms with Gasteiger partial charge in [0.2, 0.25) is 5.91 Å². The average Bonchev–Trinajstić information content (AvgIpc) is 3.15. The predicted molar refractivity (Wildman–Crippen MR) is 122 cm³/mol. The van der Waals surface area contributed by atoms with Crippen molar-refractivity contribution in [3.63, 3.8) is 0 Å². The lowest BCUT2D eigenvalue weighted by atomic mass is 9.96. The number of benzene rings is 2. The van der Waals surface area contributed by atoms with Crippen molar-refractivity contribution in [3.05, 3.63) is 64.9 Å². The third-order valence-corrected chi connectivity index (χ3v) is 6.21. The van der Waals surface area contributed by atoms with Gasteiger partial charge in [-0.1, -0.05) is 23.7 Å². The van der Waals surface area contributed by atoms with E-state index >= 15 is 0 Å². The summed E-state index contributed by atoms with van der Waals surface area (Å²) in [5, 5.41) is 0.600. The number of rotatable bonds is 5. The second-order valence-corrected chi connectivity index (χ2v) is 8.49. The molecule has 0 N–H and O–H groups in total. The number of aromatic nitrogens is 2. The first kappa shape index (κ1) is 21.4. The van der Waals surface area contributed by atoms with Crippen molar-refractivity contribution in [1.29, 1.82) is 0 Å². The summed E-state index contributed by atoms with van der Waals surface area (Å²) in [6.45, 7) is 4.43. The van der Waals surface area contributed by atoms with Gasteiger partial charge in [-0.2, -0.15) is 0 Å². The molecule has 3 aromatic rings. The molecule has 1 aliphatic rings. The van der Waals surface area contributed by atoms with E-state index in [0.717, 1.165) is 36.2 Å². The zero-order valence-corrected chi connectivity index (χ0v) is 18.7. The summed E-state index contributed by atoms with van der Waals surface area (Å²) in [7, 11) is 1.82. The fourth-order valence-electron chi connectivity index (χ4n) is 4.34. The van der Waals surface area contributed by atoms with E-state index in [1.165, 1.54) is 0 Å². The molecule has 0 saturated carbocycles. The average molecular weight is 439 g/mol. The maximum atomic E-state index is 13.2. The quantitative estimate of drug-likeness (QED) is 0.599. The van der Waals surface area contributed by atoms with E-state index in [1.807, 2.05) is 25.2 Å². The van der Waals surface area contributed by atoms with Crippen molar-refractivity contribution < 1.29 is 9.59 Å². The number of aryl methyl sites for hydroxylation is 1. The molecule has 162 valence electrons. The highest BCUT2D eigenvalue weighted by Gasteiger charge is 2.31. The van der Waals surface area contributed by atoms with Crippen LogP contribution in [0.2, 0.25) is 5.02 Å². The Labute approximate surface area is 187 Å². The Morgan fingerprint density at radius 1 is 1.16 bits per heavy atom. The highest BCUT2D eigenvalue weighted by atomic mass is 35.5. The van der Waals surface area contributed by atoms with Gasteiger partial charge in [0.05, 0.1) is 23.5 Å². The van der Waals surface area contributed by atoms with Crippen LogP contribution in [0.1, 0.15) is 35.9 Å². The fourth-order valence-corrected chi connectivity index (χ4v) is 4.46. The molecule has 6 nitrogen and oxygen atoms in total. The number of imidazole rings is 1. The molecule has 0 spiro atoms. The third kappa shape index (κ3) is 4.44.